The third-order valence-electron chi connectivity index (χ3n) is 1.97. The number of nitrogens with zero attached hydrogens (tertiary/aromatic N) is 1. The van der Waals surface area contributed by atoms with E-state index >= 15 is 0 Å². The van der Waals surface area contributed by atoms with Crippen molar-refractivity contribution >= 4 is 11.9 Å². The third kappa shape index (κ3) is 4.06. The second-order valence-corrected chi connectivity index (χ2v) is 3.70. The van der Waals surface area contributed by atoms with Crippen molar-refractivity contribution in [3.05, 3.63) is 41.2 Å². The van der Waals surface area contributed by atoms with Gasteiger partial charge < -0.3 is 10.4 Å². The van der Waals surface area contributed by atoms with E-state index < -0.39 is 5.97 Å². The van der Waals surface area contributed by atoms with Crippen LogP contribution in [0.4, 0.5) is 0 Å². The van der Waals surface area contributed by atoms with Crippen LogP contribution in [-0.4, -0.2) is 28.5 Å². The van der Waals surface area contributed by atoms with Crippen molar-refractivity contribution < 1.29 is 14.7 Å². The molecule has 2 N–H and O–H groups in total. The van der Waals surface area contributed by atoms with Crippen molar-refractivity contribution in [1.29, 1.82) is 0 Å². The zero-order valence-corrected chi connectivity index (χ0v) is 9.73. The van der Waals surface area contributed by atoms with Crippen molar-refractivity contribution in [1.82, 2.24) is 10.3 Å². The van der Waals surface area contributed by atoms with E-state index in [1.54, 1.807) is 0 Å². The summed E-state index contributed by atoms with van der Waals surface area (Å²) in [5, 5.41) is 11.4. The topological polar surface area (TPSA) is 79.3 Å². The molecule has 5 nitrogen and oxygen atoms in total. The Balaban J connectivity index is 2.72. The van der Waals surface area contributed by atoms with Crippen LogP contribution >= 0.6 is 0 Å². The lowest BCUT2D eigenvalue weighted by atomic mass is 10.3. The molecule has 0 aliphatic rings. The number of aromatic nitrogens is 1. The number of amides is 1. The number of hydrogen-bond acceptors (Lipinski definition) is 3. The molecule has 0 aliphatic heterocycles. The highest BCUT2D eigenvalue weighted by Gasteiger charge is 2.10. The van der Waals surface area contributed by atoms with Gasteiger partial charge in [0.1, 0.15) is 11.4 Å². The summed E-state index contributed by atoms with van der Waals surface area (Å²) in [5.74, 6) is -1.53. The lowest BCUT2D eigenvalue weighted by Crippen LogP contribution is -2.25. The first-order valence-corrected chi connectivity index (χ1v) is 5.12. The molecule has 1 rings (SSSR count). The molecule has 0 spiro atoms. The molecule has 90 valence electrons. The van der Waals surface area contributed by atoms with Gasteiger partial charge in [-0.3, -0.25) is 4.79 Å². The number of carboxylic acids is 1. The van der Waals surface area contributed by atoms with Gasteiger partial charge in [0, 0.05) is 6.54 Å². The first-order chi connectivity index (χ1) is 8.00. The molecule has 0 atom stereocenters. The highest BCUT2D eigenvalue weighted by Crippen LogP contribution is 1.99. The van der Waals surface area contributed by atoms with Gasteiger partial charge in [0.15, 0.2) is 0 Å². The van der Waals surface area contributed by atoms with Gasteiger partial charge in [-0.1, -0.05) is 17.7 Å². The quantitative estimate of drug-likeness (QED) is 0.773. The Bertz CT molecular complexity index is 463. The van der Waals surface area contributed by atoms with Gasteiger partial charge in [0.25, 0.3) is 5.91 Å². The molecule has 0 aliphatic carbocycles. The molecular weight excluding hydrogens is 220 g/mol. The van der Waals surface area contributed by atoms with Gasteiger partial charge in [-0.25, -0.2) is 9.78 Å². The van der Waals surface area contributed by atoms with Crippen LogP contribution in [0.25, 0.3) is 0 Å². The predicted octanol–water partition coefficient (Wildman–Crippen LogP) is 1.48. The SMILES string of the molecule is CC(C)=CCNC(=O)c1cccc(C(=O)O)n1. The molecular formula is C12H14N2O3. The Morgan fingerprint density at radius 3 is 2.59 bits per heavy atom. The minimum absolute atomic E-state index is 0.104. The second-order valence-electron chi connectivity index (χ2n) is 3.70. The maximum atomic E-state index is 11.6. The molecule has 1 amide bonds. The fourth-order valence-corrected chi connectivity index (χ4v) is 1.12. The van der Waals surface area contributed by atoms with E-state index in [2.05, 4.69) is 10.3 Å². The predicted molar refractivity (Wildman–Crippen MR) is 63.0 cm³/mol. The second kappa shape index (κ2) is 5.79. The van der Waals surface area contributed by atoms with E-state index in [-0.39, 0.29) is 17.3 Å². The van der Waals surface area contributed by atoms with Crippen LogP contribution in [0.15, 0.2) is 29.8 Å². The average Bonchev–Trinajstić information content (AvgIpc) is 2.28. The minimum atomic E-state index is -1.15. The van der Waals surface area contributed by atoms with Gasteiger partial charge in [0.2, 0.25) is 0 Å². The van der Waals surface area contributed by atoms with Crippen molar-refractivity contribution in [2.75, 3.05) is 6.54 Å². The lowest BCUT2D eigenvalue weighted by Gasteiger charge is -2.02. The van der Waals surface area contributed by atoms with E-state index in [4.69, 9.17) is 5.11 Å². The van der Waals surface area contributed by atoms with Gasteiger partial charge >= 0.3 is 5.97 Å². The summed E-state index contributed by atoms with van der Waals surface area (Å²) < 4.78 is 0. The average molecular weight is 234 g/mol. The van der Waals surface area contributed by atoms with Gasteiger partial charge in [-0.05, 0) is 26.0 Å². The van der Waals surface area contributed by atoms with Crippen LogP contribution in [0.5, 0.6) is 0 Å². The minimum Gasteiger partial charge on any atom is -0.477 e. The fourth-order valence-electron chi connectivity index (χ4n) is 1.12. The number of hydrogen-bond donors (Lipinski definition) is 2. The standard InChI is InChI=1S/C12H14N2O3/c1-8(2)6-7-13-11(15)9-4-3-5-10(14-9)12(16)17/h3-6H,7H2,1-2H3,(H,13,15)(H,16,17). The number of rotatable bonds is 4. The Labute approximate surface area is 99.2 Å². The summed E-state index contributed by atoms with van der Waals surface area (Å²) in [7, 11) is 0. The number of pyridine rings is 1. The van der Waals surface area contributed by atoms with E-state index in [0.29, 0.717) is 6.54 Å². The Morgan fingerprint density at radius 1 is 1.35 bits per heavy atom. The van der Waals surface area contributed by atoms with Crippen LogP contribution < -0.4 is 5.32 Å². The van der Waals surface area contributed by atoms with Crippen LogP contribution in [0.2, 0.25) is 0 Å². The number of carbonyl (C=O) groups excluding carboxylic acids is 1. The first kappa shape index (κ1) is 12.9. The molecule has 0 radical (unpaired) electrons. The van der Waals surface area contributed by atoms with Crippen LogP contribution in [0.3, 0.4) is 0 Å². The van der Waals surface area contributed by atoms with Crippen molar-refractivity contribution in [3.63, 3.8) is 0 Å². The summed E-state index contributed by atoms with van der Waals surface area (Å²) in [6.45, 7) is 4.26. The molecule has 5 heteroatoms. The fraction of sp³-hybridized carbons (Fsp3) is 0.250. The molecule has 17 heavy (non-hydrogen) atoms. The molecule has 0 saturated heterocycles. The molecule has 0 saturated carbocycles. The van der Waals surface area contributed by atoms with Gasteiger partial charge in [-0.2, -0.15) is 0 Å². The normalized spacial score (nSPS) is 9.53. The zero-order valence-electron chi connectivity index (χ0n) is 9.73. The van der Waals surface area contributed by atoms with Crippen LogP contribution in [0.1, 0.15) is 34.8 Å². The number of allylic oxidation sites excluding steroid dienone is 1. The molecule has 0 fully saturated rings. The largest absolute Gasteiger partial charge is 0.477 e. The number of carbonyl (C=O) groups is 2. The van der Waals surface area contributed by atoms with E-state index in [1.807, 2.05) is 19.9 Å². The maximum absolute atomic E-state index is 11.6. The Morgan fingerprint density at radius 2 is 2.00 bits per heavy atom. The Hall–Kier alpha value is -2.17. The summed E-state index contributed by atoms with van der Waals surface area (Å²) in [6, 6.07) is 4.31. The van der Waals surface area contributed by atoms with Crippen molar-refractivity contribution in [2.24, 2.45) is 0 Å². The summed E-state index contributed by atoms with van der Waals surface area (Å²) in [6.07, 6.45) is 1.86. The number of nitrogens with one attached hydrogen (secondary N) is 1. The molecule has 0 bridgehead atoms. The van der Waals surface area contributed by atoms with Gasteiger partial charge in [0.05, 0.1) is 0 Å². The molecule has 1 aromatic rings. The van der Waals surface area contributed by atoms with Crippen LogP contribution in [0, 0.1) is 0 Å². The van der Waals surface area contributed by atoms with E-state index in [9.17, 15) is 9.59 Å². The molecule has 1 heterocycles. The summed E-state index contributed by atoms with van der Waals surface area (Å²) in [5.41, 5.74) is 1.06. The summed E-state index contributed by atoms with van der Waals surface area (Å²) in [4.78, 5) is 26.0. The number of carboxylic acid groups (broad SMARTS) is 1. The van der Waals surface area contributed by atoms with E-state index in [1.165, 1.54) is 18.2 Å². The van der Waals surface area contributed by atoms with Crippen LogP contribution in [-0.2, 0) is 0 Å². The molecule has 0 unspecified atom stereocenters. The highest BCUT2D eigenvalue weighted by molar-refractivity contribution is 5.94. The number of aromatic carboxylic acids is 1. The van der Waals surface area contributed by atoms with E-state index in [0.717, 1.165) is 5.57 Å². The first-order valence-electron chi connectivity index (χ1n) is 5.12. The third-order valence-corrected chi connectivity index (χ3v) is 1.97. The lowest BCUT2D eigenvalue weighted by molar-refractivity contribution is 0.0690. The monoisotopic (exact) mass is 234 g/mol. The van der Waals surface area contributed by atoms with Gasteiger partial charge in [-0.15, -0.1) is 0 Å². The molecule has 0 aromatic carbocycles. The Kier molecular flexibility index (Phi) is 4.39. The zero-order chi connectivity index (χ0) is 12.8. The van der Waals surface area contributed by atoms with Crippen molar-refractivity contribution in [3.8, 4) is 0 Å². The smallest absolute Gasteiger partial charge is 0.354 e. The maximum Gasteiger partial charge on any atom is 0.354 e. The summed E-state index contributed by atoms with van der Waals surface area (Å²) >= 11 is 0. The molecule has 1 aromatic heterocycles. The van der Waals surface area contributed by atoms with Crippen molar-refractivity contribution in [2.45, 2.75) is 13.8 Å². The highest BCUT2D eigenvalue weighted by atomic mass is 16.4.